The molecule has 0 radical (unpaired) electrons. The van der Waals surface area contributed by atoms with Gasteiger partial charge in [0.25, 0.3) is 0 Å². The number of hydrogen-bond donors (Lipinski definition) is 0. The van der Waals surface area contributed by atoms with E-state index < -0.39 is 0 Å². The minimum absolute atomic E-state index is 0.258. The molecule has 1 aliphatic rings. The summed E-state index contributed by atoms with van der Waals surface area (Å²) in [5.41, 5.74) is 5.51. The van der Waals surface area contributed by atoms with Crippen LogP contribution in [0.15, 0.2) is 87.8 Å². The molecule has 3 aromatic carbocycles. The van der Waals surface area contributed by atoms with Gasteiger partial charge in [-0.15, -0.1) is 0 Å². The third kappa shape index (κ3) is 2.88. The number of rotatable bonds is 2. The number of furan rings is 1. The maximum absolute atomic E-state index is 6.37. The van der Waals surface area contributed by atoms with Crippen LogP contribution in [0.2, 0.25) is 0 Å². The Morgan fingerprint density at radius 3 is 2.37 bits per heavy atom. The SMILES string of the molecule is Cc1ccc(C2Oc3ccc(Br)cc3-c3cc(-c4ccccc4)oc32)cc1. The van der Waals surface area contributed by atoms with Gasteiger partial charge in [-0.3, -0.25) is 0 Å². The zero-order chi connectivity index (χ0) is 18.4. The molecule has 132 valence electrons. The zero-order valence-electron chi connectivity index (χ0n) is 14.8. The minimum atomic E-state index is -0.258. The van der Waals surface area contributed by atoms with Crippen molar-refractivity contribution in [2.45, 2.75) is 13.0 Å². The van der Waals surface area contributed by atoms with Gasteiger partial charge >= 0.3 is 0 Å². The first-order chi connectivity index (χ1) is 13.2. The van der Waals surface area contributed by atoms with E-state index in [1.165, 1.54) is 5.56 Å². The monoisotopic (exact) mass is 416 g/mol. The van der Waals surface area contributed by atoms with Crippen LogP contribution < -0.4 is 4.74 Å². The molecular formula is C24H17BrO2. The molecule has 0 bridgehead atoms. The number of hydrogen-bond acceptors (Lipinski definition) is 2. The number of aryl methyl sites for hydroxylation is 1. The summed E-state index contributed by atoms with van der Waals surface area (Å²) < 4.78 is 13.7. The molecule has 27 heavy (non-hydrogen) atoms. The summed E-state index contributed by atoms with van der Waals surface area (Å²) in [5.74, 6) is 2.58. The smallest absolute Gasteiger partial charge is 0.182 e. The Kier molecular flexibility index (Phi) is 3.91. The average molecular weight is 417 g/mol. The van der Waals surface area contributed by atoms with E-state index in [4.69, 9.17) is 9.15 Å². The van der Waals surface area contributed by atoms with Crippen LogP contribution in [0, 0.1) is 6.92 Å². The average Bonchev–Trinajstić information content (AvgIpc) is 3.15. The fourth-order valence-corrected chi connectivity index (χ4v) is 3.87. The zero-order valence-corrected chi connectivity index (χ0v) is 16.4. The van der Waals surface area contributed by atoms with Crippen molar-refractivity contribution in [2.24, 2.45) is 0 Å². The van der Waals surface area contributed by atoms with Gasteiger partial charge in [-0.1, -0.05) is 76.1 Å². The molecule has 0 spiro atoms. The van der Waals surface area contributed by atoms with Crippen LogP contribution in [0.1, 0.15) is 23.0 Å². The van der Waals surface area contributed by atoms with Crippen molar-refractivity contribution in [3.8, 4) is 28.2 Å². The molecule has 0 saturated heterocycles. The summed E-state index contributed by atoms with van der Waals surface area (Å²) in [4.78, 5) is 0. The third-order valence-corrected chi connectivity index (χ3v) is 5.41. The summed E-state index contributed by atoms with van der Waals surface area (Å²) in [6, 6.07) is 26.9. The van der Waals surface area contributed by atoms with Crippen LogP contribution in [-0.4, -0.2) is 0 Å². The van der Waals surface area contributed by atoms with E-state index in [9.17, 15) is 0 Å². The lowest BCUT2D eigenvalue weighted by atomic mass is 9.95. The van der Waals surface area contributed by atoms with E-state index in [0.29, 0.717) is 0 Å². The first-order valence-corrected chi connectivity index (χ1v) is 9.70. The van der Waals surface area contributed by atoms with Crippen molar-refractivity contribution >= 4 is 15.9 Å². The number of benzene rings is 3. The molecule has 2 heterocycles. The van der Waals surface area contributed by atoms with Gasteiger partial charge in [0.2, 0.25) is 0 Å². The predicted octanol–water partition coefficient (Wildman–Crippen LogP) is 7.17. The Morgan fingerprint density at radius 2 is 1.59 bits per heavy atom. The van der Waals surface area contributed by atoms with Gasteiger partial charge in [0.1, 0.15) is 11.5 Å². The highest BCUT2D eigenvalue weighted by Gasteiger charge is 2.32. The van der Waals surface area contributed by atoms with Crippen LogP contribution in [0.3, 0.4) is 0 Å². The minimum Gasteiger partial charge on any atom is -0.477 e. The normalized spacial score (nSPS) is 15.0. The second-order valence-electron chi connectivity index (χ2n) is 6.80. The van der Waals surface area contributed by atoms with Crippen LogP contribution in [-0.2, 0) is 0 Å². The lowest BCUT2D eigenvalue weighted by molar-refractivity contribution is 0.212. The van der Waals surface area contributed by atoms with Crippen molar-refractivity contribution < 1.29 is 9.15 Å². The lowest BCUT2D eigenvalue weighted by Crippen LogP contribution is -2.14. The number of fused-ring (bicyclic) bond motifs is 3. The molecule has 5 rings (SSSR count). The standard InChI is InChI=1S/C24H17BrO2/c1-15-7-9-17(10-8-15)23-24-20(19-13-18(25)11-12-21(19)26-23)14-22(27-24)16-5-3-2-4-6-16/h2-14,23H,1H3. The Hall–Kier alpha value is -2.78. The molecule has 0 amide bonds. The molecule has 1 atom stereocenters. The maximum atomic E-state index is 6.37. The van der Waals surface area contributed by atoms with Gasteiger partial charge in [-0.05, 0) is 31.2 Å². The van der Waals surface area contributed by atoms with E-state index in [-0.39, 0.29) is 6.10 Å². The first-order valence-electron chi connectivity index (χ1n) is 8.91. The van der Waals surface area contributed by atoms with Gasteiger partial charge in [-0.2, -0.15) is 0 Å². The first kappa shape index (κ1) is 16.4. The molecule has 2 nitrogen and oxygen atoms in total. The summed E-state index contributed by atoms with van der Waals surface area (Å²) in [7, 11) is 0. The molecule has 0 N–H and O–H groups in total. The largest absolute Gasteiger partial charge is 0.477 e. The Labute approximate surface area is 166 Å². The highest BCUT2D eigenvalue weighted by molar-refractivity contribution is 9.10. The third-order valence-electron chi connectivity index (χ3n) is 4.91. The second kappa shape index (κ2) is 6.43. The van der Waals surface area contributed by atoms with Gasteiger partial charge in [0, 0.05) is 26.7 Å². The van der Waals surface area contributed by atoms with E-state index in [1.54, 1.807) is 0 Å². The van der Waals surface area contributed by atoms with Crippen molar-refractivity contribution in [2.75, 3.05) is 0 Å². The molecular weight excluding hydrogens is 400 g/mol. The summed E-state index contributed by atoms with van der Waals surface area (Å²) >= 11 is 3.58. The van der Waals surface area contributed by atoms with Crippen LogP contribution in [0.25, 0.3) is 22.5 Å². The Bertz CT molecular complexity index is 1110. The summed E-state index contributed by atoms with van der Waals surface area (Å²) in [6.45, 7) is 2.09. The van der Waals surface area contributed by atoms with Crippen molar-refractivity contribution in [1.82, 2.24) is 0 Å². The summed E-state index contributed by atoms with van der Waals surface area (Å²) in [5, 5.41) is 0. The maximum Gasteiger partial charge on any atom is 0.182 e. The highest BCUT2D eigenvalue weighted by atomic mass is 79.9. The van der Waals surface area contributed by atoms with E-state index in [2.05, 4.69) is 71.4 Å². The van der Waals surface area contributed by atoms with Gasteiger partial charge < -0.3 is 9.15 Å². The van der Waals surface area contributed by atoms with Crippen LogP contribution in [0.5, 0.6) is 5.75 Å². The van der Waals surface area contributed by atoms with Gasteiger partial charge in [0.15, 0.2) is 11.9 Å². The summed E-state index contributed by atoms with van der Waals surface area (Å²) in [6.07, 6.45) is -0.258. The lowest BCUT2D eigenvalue weighted by Gasteiger charge is -2.25. The number of halogens is 1. The topological polar surface area (TPSA) is 22.4 Å². The molecule has 0 saturated carbocycles. The predicted molar refractivity (Wildman–Crippen MR) is 111 cm³/mol. The molecule has 1 unspecified atom stereocenters. The van der Waals surface area contributed by atoms with Crippen molar-refractivity contribution in [3.63, 3.8) is 0 Å². The quantitative estimate of drug-likeness (QED) is 0.345. The Balaban J connectivity index is 1.71. The number of ether oxygens (including phenoxy) is 1. The Morgan fingerprint density at radius 1 is 0.815 bits per heavy atom. The molecule has 3 heteroatoms. The molecule has 0 aliphatic carbocycles. The van der Waals surface area contributed by atoms with Gasteiger partial charge in [-0.25, -0.2) is 0 Å². The van der Waals surface area contributed by atoms with Crippen LogP contribution >= 0.6 is 15.9 Å². The van der Waals surface area contributed by atoms with Gasteiger partial charge in [0.05, 0.1) is 0 Å². The van der Waals surface area contributed by atoms with Crippen LogP contribution in [0.4, 0.5) is 0 Å². The molecule has 4 aromatic rings. The molecule has 1 aromatic heterocycles. The molecule has 1 aliphatic heterocycles. The van der Waals surface area contributed by atoms with Crippen molar-refractivity contribution in [3.05, 3.63) is 100 Å². The fraction of sp³-hybridized carbons (Fsp3) is 0.0833. The molecule has 0 fully saturated rings. The second-order valence-corrected chi connectivity index (χ2v) is 7.72. The highest BCUT2D eigenvalue weighted by Crippen LogP contribution is 2.48. The van der Waals surface area contributed by atoms with E-state index in [1.807, 2.05) is 30.3 Å². The van der Waals surface area contributed by atoms with E-state index in [0.717, 1.165) is 44.0 Å². The van der Waals surface area contributed by atoms with Crippen molar-refractivity contribution in [1.29, 1.82) is 0 Å². The van der Waals surface area contributed by atoms with E-state index >= 15 is 0 Å². The fourth-order valence-electron chi connectivity index (χ4n) is 3.51.